The second kappa shape index (κ2) is 6.79. The Morgan fingerprint density at radius 2 is 1.92 bits per heavy atom. The Labute approximate surface area is 148 Å². The molecule has 3 nitrogen and oxygen atoms in total. The summed E-state index contributed by atoms with van der Waals surface area (Å²) < 4.78 is 13.1. The lowest BCUT2D eigenvalue weighted by Gasteiger charge is -2.19. The SMILES string of the molecule is CC(C)(C)c1ccc(C2CC2C(=O)N/N=C/c2cccc(F)c2)cc1. The zero-order valence-corrected chi connectivity index (χ0v) is 14.8. The van der Waals surface area contributed by atoms with E-state index in [1.165, 1.54) is 29.5 Å². The molecule has 2 unspecified atom stereocenters. The molecule has 0 aliphatic heterocycles. The van der Waals surface area contributed by atoms with Gasteiger partial charge >= 0.3 is 0 Å². The van der Waals surface area contributed by atoms with Crippen LogP contribution in [0.5, 0.6) is 0 Å². The highest BCUT2D eigenvalue weighted by molar-refractivity contribution is 5.85. The molecule has 1 aliphatic rings. The molecule has 0 heterocycles. The first-order chi connectivity index (χ1) is 11.8. The summed E-state index contributed by atoms with van der Waals surface area (Å²) in [5, 5.41) is 3.93. The van der Waals surface area contributed by atoms with Gasteiger partial charge < -0.3 is 0 Å². The second-order valence-corrected chi connectivity index (χ2v) is 7.61. The fourth-order valence-electron chi connectivity index (χ4n) is 2.92. The van der Waals surface area contributed by atoms with Crippen LogP contribution in [0.3, 0.4) is 0 Å². The summed E-state index contributed by atoms with van der Waals surface area (Å²) in [6, 6.07) is 14.6. The fourth-order valence-corrected chi connectivity index (χ4v) is 2.92. The Bertz CT molecular complexity index is 790. The Balaban J connectivity index is 1.55. The molecular formula is C21H23FN2O. The van der Waals surface area contributed by atoms with Gasteiger partial charge in [0.15, 0.2) is 0 Å². The van der Waals surface area contributed by atoms with E-state index in [2.05, 4.69) is 55.6 Å². The maximum atomic E-state index is 13.1. The summed E-state index contributed by atoms with van der Waals surface area (Å²) in [5.41, 5.74) is 5.79. The highest BCUT2D eigenvalue weighted by Crippen LogP contribution is 2.47. The summed E-state index contributed by atoms with van der Waals surface area (Å²) in [7, 11) is 0. The average molecular weight is 338 g/mol. The molecule has 0 saturated heterocycles. The van der Waals surface area contributed by atoms with Crippen LogP contribution >= 0.6 is 0 Å². The summed E-state index contributed by atoms with van der Waals surface area (Å²) in [6.45, 7) is 6.56. The van der Waals surface area contributed by atoms with Gasteiger partial charge in [0.25, 0.3) is 0 Å². The molecule has 1 N–H and O–H groups in total. The number of benzene rings is 2. The smallest absolute Gasteiger partial charge is 0.243 e. The maximum absolute atomic E-state index is 13.1. The predicted octanol–water partition coefficient (Wildman–Crippen LogP) is 4.38. The van der Waals surface area contributed by atoms with Crippen LogP contribution in [0, 0.1) is 11.7 Å². The van der Waals surface area contributed by atoms with E-state index in [0.29, 0.717) is 5.56 Å². The van der Waals surface area contributed by atoms with Crippen LogP contribution in [0.15, 0.2) is 53.6 Å². The number of amides is 1. The van der Waals surface area contributed by atoms with Gasteiger partial charge in [-0.15, -0.1) is 0 Å². The highest BCUT2D eigenvalue weighted by Gasteiger charge is 2.43. The second-order valence-electron chi connectivity index (χ2n) is 7.61. The molecule has 3 rings (SSSR count). The summed E-state index contributed by atoms with van der Waals surface area (Å²) >= 11 is 0. The van der Waals surface area contributed by atoms with E-state index < -0.39 is 0 Å². The lowest BCUT2D eigenvalue weighted by Crippen LogP contribution is -2.20. The maximum Gasteiger partial charge on any atom is 0.243 e. The minimum Gasteiger partial charge on any atom is -0.273 e. The standard InChI is InChI=1S/C21H23FN2O/c1-21(2,3)16-9-7-15(8-10-16)18-12-19(18)20(25)24-23-13-14-5-4-6-17(22)11-14/h4-11,13,18-19H,12H2,1-3H3,(H,24,25)/b23-13+. The van der Waals surface area contributed by atoms with Gasteiger partial charge in [0, 0.05) is 5.92 Å². The average Bonchev–Trinajstić information content (AvgIpc) is 3.35. The van der Waals surface area contributed by atoms with E-state index in [-0.39, 0.29) is 29.0 Å². The van der Waals surface area contributed by atoms with Crippen molar-refractivity contribution in [2.24, 2.45) is 11.0 Å². The van der Waals surface area contributed by atoms with Crippen LogP contribution in [-0.2, 0) is 10.2 Å². The number of carbonyl (C=O) groups is 1. The molecule has 4 heteroatoms. The van der Waals surface area contributed by atoms with Gasteiger partial charge in [-0.25, -0.2) is 9.82 Å². The van der Waals surface area contributed by atoms with Crippen molar-refractivity contribution in [3.8, 4) is 0 Å². The number of hydrogen-bond donors (Lipinski definition) is 1. The monoisotopic (exact) mass is 338 g/mol. The van der Waals surface area contributed by atoms with Crippen LogP contribution in [-0.4, -0.2) is 12.1 Å². The zero-order valence-electron chi connectivity index (χ0n) is 14.8. The number of nitrogens with one attached hydrogen (secondary N) is 1. The molecule has 1 fully saturated rings. The van der Waals surface area contributed by atoms with Gasteiger partial charge in [-0.05, 0) is 46.6 Å². The molecule has 25 heavy (non-hydrogen) atoms. The zero-order chi connectivity index (χ0) is 18.0. The number of halogens is 1. The third kappa shape index (κ3) is 4.32. The number of carbonyl (C=O) groups excluding carboxylic acids is 1. The minimum atomic E-state index is -0.323. The number of hydrazone groups is 1. The first kappa shape index (κ1) is 17.3. The number of hydrogen-bond acceptors (Lipinski definition) is 2. The first-order valence-corrected chi connectivity index (χ1v) is 8.53. The van der Waals surface area contributed by atoms with Crippen molar-refractivity contribution in [1.82, 2.24) is 5.43 Å². The predicted molar refractivity (Wildman–Crippen MR) is 98.1 cm³/mol. The molecule has 2 atom stereocenters. The summed E-state index contributed by atoms with van der Waals surface area (Å²) in [6.07, 6.45) is 2.30. The molecule has 1 amide bonds. The molecule has 0 aromatic heterocycles. The van der Waals surface area contributed by atoms with Crippen LogP contribution in [0.1, 0.15) is 49.8 Å². The van der Waals surface area contributed by atoms with Gasteiger partial charge in [-0.2, -0.15) is 5.10 Å². The molecule has 2 aromatic carbocycles. The molecular weight excluding hydrogens is 315 g/mol. The first-order valence-electron chi connectivity index (χ1n) is 8.53. The van der Waals surface area contributed by atoms with Crippen molar-refractivity contribution in [2.45, 2.75) is 38.5 Å². The fraction of sp³-hybridized carbons (Fsp3) is 0.333. The Morgan fingerprint density at radius 1 is 1.20 bits per heavy atom. The van der Waals surface area contributed by atoms with E-state index in [1.54, 1.807) is 12.1 Å². The molecule has 0 radical (unpaired) electrons. The molecule has 2 aromatic rings. The van der Waals surface area contributed by atoms with Crippen LogP contribution in [0.25, 0.3) is 0 Å². The topological polar surface area (TPSA) is 41.5 Å². The van der Waals surface area contributed by atoms with Crippen molar-refractivity contribution in [2.75, 3.05) is 0 Å². The van der Waals surface area contributed by atoms with Gasteiger partial charge in [-0.3, -0.25) is 4.79 Å². The van der Waals surface area contributed by atoms with Gasteiger partial charge in [-0.1, -0.05) is 57.2 Å². The third-order valence-electron chi connectivity index (χ3n) is 4.57. The highest BCUT2D eigenvalue weighted by atomic mass is 19.1. The van der Waals surface area contributed by atoms with E-state index in [1.807, 2.05) is 0 Å². The number of rotatable bonds is 4. The van der Waals surface area contributed by atoms with Crippen LogP contribution in [0.2, 0.25) is 0 Å². The van der Waals surface area contributed by atoms with Gasteiger partial charge in [0.05, 0.1) is 6.21 Å². The van der Waals surface area contributed by atoms with E-state index in [9.17, 15) is 9.18 Å². The van der Waals surface area contributed by atoms with Crippen molar-refractivity contribution < 1.29 is 9.18 Å². The van der Waals surface area contributed by atoms with E-state index >= 15 is 0 Å². The Kier molecular flexibility index (Phi) is 4.71. The van der Waals surface area contributed by atoms with Crippen molar-refractivity contribution in [3.63, 3.8) is 0 Å². The van der Waals surface area contributed by atoms with E-state index in [0.717, 1.165) is 6.42 Å². The molecule has 130 valence electrons. The van der Waals surface area contributed by atoms with Crippen molar-refractivity contribution in [1.29, 1.82) is 0 Å². The minimum absolute atomic E-state index is 0.0369. The van der Waals surface area contributed by atoms with Crippen LogP contribution < -0.4 is 5.43 Å². The number of nitrogens with zero attached hydrogens (tertiary/aromatic N) is 1. The lowest BCUT2D eigenvalue weighted by atomic mass is 9.86. The molecule has 1 saturated carbocycles. The largest absolute Gasteiger partial charge is 0.273 e. The molecule has 0 spiro atoms. The molecule has 0 bridgehead atoms. The van der Waals surface area contributed by atoms with Crippen LogP contribution in [0.4, 0.5) is 4.39 Å². The third-order valence-corrected chi connectivity index (χ3v) is 4.57. The normalized spacial score (nSPS) is 19.8. The Morgan fingerprint density at radius 3 is 2.56 bits per heavy atom. The van der Waals surface area contributed by atoms with Gasteiger partial charge in [0.2, 0.25) is 5.91 Å². The van der Waals surface area contributed by atoms with Crippen molar-refractivity contribution in [3.05, 3.63) is 71.0 Å². The van der Waals surface area contributed by atoms with Crippen molar-refractivity contribution >= 4 is 12.1 Å². The van der Waals surface area contributed by atoms with E-state index in [4.69, 9.17) is 0 Å². The lowest BCUT2D eigenvalue weighted by molar-refractivity contribution is -0.122. The Hall–Kier alpha value is -2.49. The van der Waals surface area contributed by atoms with Gasteiger partial charge in [0.1, 0.15) is 5.82 Å². The quantitative estimate of drug-likeness (QED) is 0.652. The summed E-state index contributed by atoms with van der Waals surface area (Å²) in [5.74, 6) is -0.183. The molecule has 1 aliphatic carbocycles. The summed E-state index contributed by atoms with van der Waals surface area (Å²) in [4.78, 5) is 12.2.